The molecule has 3 aromatic heterocycles. The highest BCUT2D eigenvalue weighted by Crippen LogP contribution is 2.22. The molecule has 1 saturated heterocycles. The van der Waals surface area contributed by atoms with Gasteiger partial charge < -0.3 is 19.2 Å². The molecule has 136 valence electrons. The summed E-state index contributed by atoms with van der Waals surface area (Å²) in [5.74, 6) is 0.317. The molecule has 9 heteroatoms. The largest absolute Gasteiger partial charge is 0.448 e. The molecule has 4 heterocycles. The van der Waals surface area contributed by atoms with Gasteiger partial charge in [0.25, 0.3) is 5.91 Å². The first-order chi connectivity index (χ1) is 12.5. The van der Waals surface area contributed by atoms with Crippen LogP contribution in [0, 0.1) is 0 Å². The molecule has 0 aromatic carbocycles. The molecule has 1 fully saturated rings. The summed E-state index contributed by atoms with van der Waals surface area (Å²) >= 11 is 0. The summed E-state index contributed by atoms with van der Waals surface area (Å²) in [7, 11) is 1.88. The van der Waals surface area contributed by atoms with Crippen LogP contribution in [0.4, 0.5) is 0 Å². The maximum Gasteiger partial charge on any atom is 0.259 e. The number of imidazole rings is 1. The summed E-state index contributed by atoms with van der Waals surface area (Å²) < 4.78 is 8.65. The number of hydrogen-bond acceptors (Lipinski definition) is 5. The van der Waals surface area contributed by atoms with Gasteiger partial charge in [0.1, 0.15) is 17.0 Å². The number of hydrogen-bond donors (Lipinski definition) is 1. The number of aryl methyl sites for hydroxylation is 1. The normalized spacial score (nSPS) is 20.0. The molecule has 2 unspecified atom stereocenters. The fourth-order valence-corrected chi connectivity index (χ4v) is 3.54. The minimum atomic E-state index is -0.136. The van der Waals surface area contributed by atoms with E-state index >= 15 is 0 Å². The van der Waals surface area contributed by atoms with E-state index in [4.69, 9.17) is 4.42 Å². The van der Waals surface area contributed by atoms with Gasteiger partial charge in [-0.3, -0.25) is 9.59 Å². The van der Waals surface area contributed by atoms with Gasteiger partial charge in [-0.05, 0) is 13.3 Å². The van der Waals surface area contributed by atoms with Crippen LogP contribution >= 0.6 is 0 Å². The maximum atomic E-state index is 13.0. The molecule has 26 heavy (non-hydrogen) atoms. The third-order valence-electron chi connectivity index (χ3n) is 4.78. The van der Waals surface area contributed by atoms with E-state index in [0.717, 1.165) is 5.65 Å². The Kier molecular flexibility index (Phi) is 3.98. The molecule has 9 nitrogen and oxygen atoms in total. The second kappa shape index (κ2) is 6.32. The number of likely N-dealkylation sites (tertiary alicyclic amines) is 1. The number of aromatic nitrogens is 4. The molecule has 0 radical (unpaired) electrons. The van der Waals surface area contributed by atoms with Crippen LogP contribution < -0.4 is 5.32 Å². The smallest absolute Gasteiger partial charge is 0.259 e. The van der Waals surface area contributed by atoms with Gasteiger partial charge in [0, 0.05) is 38.1 Å². The minimum Gasteiger partial charge on any atom is -0.448 e. The van der Waals surface area contributed by atoms with Crippen molar-refractivity contribution in [1.82, 2.24) is 29.4 Å². The number of amides is 2. The Hall–Kier alpha value is -3.10. The Morgan fingerprint density at radius 3 is 2.96 bits per heavy atom. The molecule has 1 aliphatic heterocycles. The lowest BCUT2D eigenvalue weighted by Gasteiger charge is -2.20. The van der Waals surface area contributed by atoms with Crippen molar-refractivity contribution in [1.29, 1.82) is 0 Å². The maximum absolute atomic E-state index is 13.0. The Balaban J connectivity index is 1.44. The van der Waals surface area contributed by atoms with Crippen molar-refractivity contribution in [3.05, 3.63) is 42.5 Å². The molecule has 1 aliphatic rings. The first-order valence-electron chi connectivity index (χ1n) is 8.49. The Bertz CT molecular complexity index is 941. The van der Waals surface area contributed by atoms with Crippen molar-refractivity contribution in [2.75, 3.05) is 6.54 Å². The lowest BCUT2D eigenvalue weighted by Crippen LogP contribution is -2.39. The van der Waals surface area contributed by atoms with E-state index < -0.39 is 0 Å². The van der Waals surface area contributed by atoms with Crippen molar-refractivity contribution >= 4 is 17.5 Å². The SMILES string of the molecule is CC1CC(NC(=O)Cc2cnco2)CN1C(=O)c1cnn2ccn(C)c12. The second-order valence-electron chi connectivity index (χ2n) is 6.69. The number of nitrogens with zero attached hydrogens (tertiary/aromatic N) is 5. The molecule has 2 atom stereocenters. The fourth-order valence-electron chi connectivity index (χ4n) is 3.54. The highest BCUT2D eigenvalue weighted by atomic mass is 16.3. The average Bonchev–Trinajstić information content (AvgIpc) is 3.34. The average molecular weight is 356 g/mol. The number of carbonyl (C=O) groups excluding carboxylic acids is 2. The van der Waals surface area contributed by atoms with Gasteiger partial charge in [0.2, 0.25) is 5.91 Å². The first-order valence-corrected chi connectivity index (χ1v) is 8.49. The number of nitrogens with one attached hydrogen (secondary N) is 1. The van der Waals surface area contributed by atoms with Crippen LogP contribution in [0.25, 0.3) is 5.65 Å². The van der Waals surface area contributed by atoms with E-state index in [1.54, 1.807) is 15.6 Å². The van der Waals surface area contributed by atoms with Gasteiger partial charge in [-0.15, -0.1) is 0 Å². The quantitative estimate of drug-likeness (QED) is 0.739. The Morgan fingerprint density at radius 2 is 2.19 bits per heavy atom. The van der Waals surface area contributed by atoms with Crippen LogP contribution in [-0.4, -0.2) is 54.5 Å². The van der Waals surface area contributed by atoms with Gasteiger partial charge in [-0.25, -0.2) is 9.50 Å². The van der Waals surface area contributed by atoms with E-state index in [-0.39, 0.29) is 30.3 Å². The summed E-state index contributed by atoms with van der Waals surface area (Å²) in [5, 5.41) is 7.20. The summed E-state index contributed by atoms with van der Waals surface area (Å²) in [4.78, 5) is 30.7. The Morgan fingerprint density at radius 1 is 1.35 bits per heavy atom. The molecule has 2 amide bonds. The van der Waals surface area contributed by atoms with Crippen LogP contribution in [0.5, 0.6) is 0 Å². The predicted molar refractivity (Wildman–Crippen MR) is 91.4 cm³/mol. The minimum absolute atomic E-state index is 0.0355. The van der Waals surface area contributed by atoms with Gasteiger partial charge in [0.15, 0.2) is 6.39 Å². The summed E-state index contributed by atoms with van der Waals surface area (Å²) in [6.07, 6.45) is 8.96. The topological polar surface area (TPSA) is 97.7 Å². The number of rotatable bonds is 4. The van der Waals surface area contributed by atoms with E-state index in [0.29, 0.717) is 24.3 Å². The van der Waals surface area contributed by atoms with Gasteiger partial charge in [0.05, 0.1) is 18.8 Å². The molecular weight excluding hydrogens is 336 g/mol. The van der Waals surface area contributed by atoms with Gasteiger partial charge in [-0.1, -0.05) is 0 Å². The molecule has 0 spiro atoms. The summed E-state index contributed by atoms with van der Waals surface area (Å²) in [6, 6.07) is -0.0443. The van der Waals surface area contributed by atoms with E-state index in [1.807, 2.05) is 30.9 Å². The molecule has 4 rings (SSSR count). The molecule has 0 aliphatic carbocycles. The third-order valence-corrected chi connectivity index (χ3v) is 4.78. The van der Waals surface area contributed by atoms with Crippen LogP contribution in [0.3, 0.4) is 0 Å². The first kappa shape index (κ1) is 16.4. The van der Waals surface area contributed by atoms with Gasteiger partial charge >= 0.3 is 0 Å². The van der Waals surface area contributed by atoms with Crippen molar-refractivity contribution in [3.8, 4) is 0 Å². The molecule has 1 N–H and O–H groups in total. The molecule has 0 bridgehead atoms. The molecule has 3 aromatic rings. The monoisotopic (exact) mass is 356 g/mol. The van der Waals surface area contributed by atoms with E-state index in [2.05, 4.69) is 15.4 Å². The summed E-state index contributed by atoms with van der Waals surface area (Å²) in [6.45, 7) is 2.47. The summed E-state index contributed by atoms with van der Waals surface area (Å²) in [5.41, 5.74) is 1.33. The number of oxazole rings is 1. The number of fused-ring (bicyclic) bond motifs is 1. The van der Waals surface area contributed by atoms with Crippen LogP contribution in [0.2, 0.25) is 0 Å². The highest BCUT2D eigenvalue weighted by molar-refractivity contribution is 6.00. The predicted octanol–water partition coefficient (Wildman–Crippen LogP) is 0.623. The third kappa shape index (κ3) is 2.85. The van der Waals surface area contributed by atoms with Crippen LogP contribution in [0.1, 0.15) is 29.5 Å². The zero-order valence-electron chi connectivity index (χ0n) is 14.6. The van der Waals surface area contributed by atoms with Gasteiger partial charge in [-0.2, -0.15) is 5.10 Å². The zero-order valence-corrected chi connectivity index (χ0v) is 14.6. The zero-order chi connectivity index (χ0) is 18.3. The lowest BCUT2D eigenvalue weighted by molar-refractivity contribution is -0.121. The van der Waals surface area contributed by atoms with Crippen LogP contribution in [0.15, 0.2) is 35.6 Å². The van der Waals surface area contributed by atoms with Crippen molar-refractivity contribution < 1.29 is 14.0 Å². The second-order valence-corrected chi connectivity index (χ2v) is 6.69. The van der Waals surface area contributed by atoms with Crippen LogP contribution in [-0.2, 0) is 18.3 Å². The molecule has 0 saturated carbocycles. The fraction of sp³-hybridized carbons (Fsp3) is 0.412. The van der Waals surface area contributed by atoms with Crippen molar-refractivity contribution in [2.45, 2.75) is 31.8 Å². The van der Waals surface area contributed by atoms with Crippen molar-refractivity contribution in [2.24, 2.45) is 7.05 Å². The highest BCUT2D eigenvalue weighted by Gasteiger charge is 2.35. The number of carbonyl (C=O) groups is 2. The van der Waals surface area contributed by atoms with Crippen molar-refractivity contribution in [3.63, 3.8) is 0 Å². The molecular formula is C17H20N6O3. The van der Waals surface area contributed by atoms with E-state index in [1.165, 1.54) is 12.6 Å². The Labute approximate surface area is 149 Å². The lowest BCUT2D eigenvalue weighted by atomic mass is 10.2. The van der Waals surface area contributed by atoms with E-state index in [9.17, 15) is 9.59 Å². The standard InChI is InChI=1S/C17H20N6O3/c1-11-5-12(20-15(24)6-13-7-18-10-26-13)9-22(11)17(25)14-8-19-23-4-3-21(2)16(14)23/h3-4,7-8,10-12H,5-6,9H2,1-2H3,(H,20,24).